The van der Waals surface area contributed by atoms with Gasteiger partial charge in [0, 0.05) is 12.1 Å². The van der Waals surface area contributed by atoms with Crippen molar-refractivity contribution in [2.75, 3.05) is 5.32 Å². The highest BCUT2D eigenvalue weighted by Crippen LogP contribution is 2.23. The molecule has 1 heterocycles. The molecule has 0 aromatic heterocycles. The number of nitrogens with zero attached hydrogens (tertiary/aromatic N) is 2. The summed E-state index contributed by atoms with van der Waals surface area (Å²) in [7, 11) is 0. The number of aryl methyl sites for hydroxylation is 1. The summed E-state index contributed by atoms with van der Waals surface area (Å²) in [4.78, 5) is 24.4. The number of benzene rings is 2. The maximum Gasteiger partial charge on any atom is 0.240 e. The average molecular weight is 380 g/mol. The molecule has 0 saturated carbocycles. The molecule has 7 heteroatoms. The lowest BCUT2D eigenvalue weighted by Crippen LogP contribution is -2.28. The predicted octanol–water partition coefficient (Wildman–Crippen LogP) is 3.34. The zero-order valence-corrected chi connectivity index (χ0v) is 15.9. The number of nitrogens with one attached hydrogen (secondary N) is 2. The monoisotopic (exact) mass is 380 g/mol. The second kappa shape index (κ2) is 8.64. The summed E-state index contributed by atoms with van der Waals surface area (Å²) in [6.07, 6.45) is 0.0746. The van der Waals surface area contributed by atoms with E-state index in [2.05, 4.69) is 20.8 Å². The smallest absolute Gasteiger partial charge is 0.240 e. The SMILES string of the molecule is C/C(=N/N=C1\NC(=O)[C@@H](CC(=O)Nc2ccccc2C)S1)c1ccccc1. The topological polar surface area (TPSA) is 82.9 Å². The van der Waals surface area contributed by atoms with Crippen molar-refractivity contribution in [2.45, 2.75) is 25.5 Å². The van der Waals surface area contributed by atoms with E-state index in [1.165, 1.54) is 11.8 Å². The molecular formula is C20H20N4O2S. The molecule has 0 radical (unpaired) electrons. The molecule has 138 valence electrons. The van der Waals surface area contributed by atoms with E-state index in [0.717, 1.165) is 22.5 Å². The van der Waals surface area contributed by atoms with Crippen molar-refractivity contribution in [1.82, 2.24) is 5.32 Å². The third-order valence-corrected chi connectivity index (χ3v) is 5.12. The number of para-hydroxylation sites is 1. The Kier molecular flexibility index (Phi) is 6.03. The van der Waals surface area contributed by atoms with E-state index in [9.17, 15) is 9.59 Å². The van der Waals surface area contributed by atoms with Crippen LogP contribution in [-0.4, -0.2) is 27.9 Å². The molecule has 2 aromatic rings. The molecule has 0 bridgehead atoms. The average Bonchev–Trinajstić information content (AvgIpc) is 3.01. The Labute approximate surface area is 162 Å². The molecule has 1 aliphatic heterocycles. The van der Waals surface area contributed by atoms with Crippen molar-refractivity contribution in [3.63, 3.8) is 0 Å². The van der Waals surface area contributed by atoms with Gasteiger partial charge < -0.3 is 10.6 Å². The van der Waals surface area contributed by atoms with E-state index in [-0.39, 0.29) is 18.2 Å². The van der Waals surface area contributed by atoms with Gasteiger partial charge >= 0.3 is 0 Å². The Morgan fingerprint density at radius 1 is 1.15 bits per heavy atom. The van der Waals surface area contributed by atoms with Crippen LogP contribution >= 0.6 is 11.8 Å². The minimum Gasteiger partial charge on any atom is -0.326 e. The van der Waals surface area contributed by atoms with Crippen molar-refractivity contribution in [3.05, 3.63) is 65.7 Å². The fourth-order valence-corrected chi connectivity index (χ4v) is 3.44. The summed E-state index contributed by atoms with van der Waals surface area (Å²) < 4.78 is 0. The summed E-state index contributed by atoms with van der Waals surface area (Å²) >= 11 is 1.22. The first-order valence-corrected chi connectivity index (χ1v) is 9.41. The summed E-state index contributed by atoms with van der Waals surface area (Å²) in [5.74, 6) is -0.437. The van der Waals surface area contributed by atoms with Crippen LogP contribution in [0.5, 0.6) is 0 Å². The molecule has 6 nitrogen and oxygen atoms in total. The Morgan fingerprint density at radius 3 is 2.59 bits per heavy atom. The molecule has 1 atom stereocenters. The summed E-state index contributed by atoms with van der Waals surface area (Å²) in [5.41, 5.74) is 3.44. The summed E-state index contributed by atoms with van der Waals surface area (Å²) in [5, 5.41) is 13.7. The fourth-order valence-electron chi connectivity index (χ4n) is 2.53. The number of thioether (sulfide) groups is 1. The molecule has 2 amide bonds. The molecule has 0 spiro atoms. The Bertz CT molecular complexity index is 909. The molecule has 1 aliphatic rings. The molecule has 1 fully saturated rings. The quantitative estimate of drug-likeness (QED) is 0.616. The zero-order chi connectivity index (χ0) is 19.2. The Hall–Kier alpha value is -2.93. The van der Waals surface area contributed by atoms with Crippen molar-refractivity contribution in [2.24, 2.45) is 10.2 Å². The first-order chi connectivity index (χ1) is 13.0. The highest BCUT2D eigenvalue weighted by molar-refractivity contribution is 8.15. The van der Waals surface area contributed by atoms with E-state index >= 15 is 0 Å². The van der Waals surface area contributed by atoms with E-state index in [4.69, 9.17) is 0 Å². The van der Waals surface area contributed by atoms with Crippen molar-refractivity contribution < 1.29 is 9.59 Å². The number of hydrogen-bond donors (Lipinski definition) is 2. The summed E-state index contributed by atoms with van der Waals surface area (Å²) in [6.45, 7) is 3.78. The Balaban J connectivity index is 1.60. The van der Waals surface area contributed by atoms with Gasteiger partial charge in [-0.2, -0.15) is 5.10 Å². The lowest BCUT2D eigenvalue weighted by Gasteiger charge is -2.09. The standard InChI is InChI=1S/C20H20N4O2S/c1-13-8-6-7-11-16(13)21-18(25)12-17-19(26)22-20(27-17)24-23-14(2)15-9-4-3-5-10-15/h3-11,17H,12H2,1-2H3,(H,21,25)(H,22,24,26)/b23-14-/t17-/m1/s1. The van der Waals surface area contributed by atoms with Gasteiger partial charge in [-0.15, -0.1) is 5.10 Å². The number of carbonyl (C=O) groups excluding carboxylic acids is 2. The third kappa shape index (κ3) is 5.04. The number of hydrogen-bond acceptors (Lipinski definition) is 5. The van der Waals surface area contributed by atoms with Gasteiger partial charge in [-0.1, -0.05) is 60.3 Å². The van der Waals surface area contributed by atoms with Crippen molar-refractivity contribution in [1.29, 1.82) is 0 Å². The number of anilines is 1. The molecule has 0 aliphatic carbocycles. The van der Waals surface area contributed by atoms with Crippen LogP contribution in [0.25, 0.3) is 0 Å². The van der Waals surface area contributed by atoms with Crippen LogP contribution in [0.4, 0.5) is 5.69 Å². The van der Waals surface area contributed by atoms with Gasteiger partial charge in [-0.05, 0) is 31.0 Å². The van der Waals surface area contributed by atoms with Gasteiger partial charge in [0.05, 0.1) is 5.71 Å². The fraction of sp³-hybridized carbons (Fsp3) is 0.200. The largest absolute Gasteiger partial charge is 0.326 e. The van der Waals surface area contributed by atoms with Gasteiger partial charge in [0.2, 0.25) is 11.8 Å². The molecule has 2 N–H and O–H groups in total. The van der Waals surface area contributed by atoms with Crippen LogP contribution < -0.4 is 10.6 Å². The van der Waals surface area contributed by atoms with Crippen LogP contribution in [0.2, 0.25) is 0 Å². The van der Waals surface area contributed by atoms with Gasteiger partial charge in [0.15, 0.2) is 5.17 Å². The second-order valence-electron chi connectivity index (χ2n) is 6.12. The summed E-state index contributed by atoms with van der Waals surface area (Å²) in [6, 6.07) is 17.2. The minimum atomic E-state index is -0.514. The van der Waals surface area contributed by atoms with Gasteiger partial charge in [0.25, 0.3) is 0 Å². The van der Waals surface area contributed by atoms with Crippen LogP contribution in [0.1, 0.15) is 24.5 Å². The zero-order valence-electron chi connectivity index (χ0n) is 15.1. The first-order valence-electron chi connectivity index (χ1n) is 8.53. The Morgan fingerprint density at radius 2 is 1.85 bits per heavy atom. The maximum absolute atomic E-state index is 12.3. The van der Waals surface area contributed by atoms with Gasteiger partial charge in [-0.25, -0.2) is 0 Å². The van der Waals surface area contributed by atoms with E-state index in [0.29, 0.717) is 5.17 Å². The number of amidine groups is 1. The lowest BCUT2D eigenvalue weighted by molar-refractivity contribution is -0.122. The third-order valence-electron chi connectivity index (χ3n) is 4.05. The molecule has 1 saturated heterocycles. The van der Waals surface area contributed by atoms with E-state index in [1.54, 1.807) is 0 Å². The highest BCUT2D eigenvalue weighted by atomic mass is 32.2. The van der Waals surface area contributed by atoms with Crippen LogP contribution in [0.3, 0.4) is 0 Å². The van der Waals surface area contributed by atoms with Crippen LogP contribution in [0, 0.1) is 6.92 Å². The predicted molar refractivity (Wildman–Crippen MR) is 110 cm³/mol. The molecule has 0 unspecified atom stereocenters. The molecular weight excluding hydrogens is 360 g/mol. The van der Waals surface area contributed by atoms with E-state index in [1.807, 2.05) is 68.4 Å². The second-order valence-corrected chi connectivity index (χ2v) is 7.31. The van der Waals surface area contributed by atoms with Crippen LogP contribution in [0.15, 0.2) is 64.8 Å². The van der Waals surface area contributed by atoms with Crippen molar-refractivity contribution >= 4 is 40.1 Å². The highest BCUT2D eigenvalue weighted by Gasteiger charge is 2.32. The normalized spacial score (nSPS) is 18.4. The molecule has 2 aromatic carbocycles. The molecule has 27 heavy (non-hydrogen) atoms. The van der Waals surface area contributed by atoms with Crippen LogP contribution in [-0.2, 0) is 9.59 Å². The molecule has 3 rings (SSSR count). The number of rotatable bonds is 5. The first kappa shape index (κ1) is 18.8. The number of amides is 2. The van der Waals surface area contributed by atoms with Crippen molar-refractivity contribution in [3.8, 4) is 0 Å². The maximum atomic E-state index is 12.3. The lowest BCUT2D eigenvalue weighted by atomic mass is 10.1. The minimum absolute atomic E-state index is 0.0746. The number of carbonyl (C=O) groups is 2. The van der Waals surface area contributed by atoms with Gasteiger partial charge in [0.1, 0.15) is 5.25 Å². The van der Waals surface area contributed by atoms with E-state index < -0.39 is 5.25 Å². The van der Waals surface area contributed by atoms with Gasteiger partial charge in [-0.3, -0.25) is 9.59 Å².